The minimum Gasteiger partial charge on any atom is -0.462 e. The third-order valence-corrected chi connectivity index (χ3v) is 6.48. The van der Waals surface area contributed by atoms with Gasteiger partial charge in [0.05, 0.1) is 13.2 Å². The Bertz CT molecular complexity index is 576. The molecule has 0 aromatic rings. The van der Waals surface area contributed by atoms with E-state index in [0.29, 0.717) is 6.42 Å². The number of carbonyl (C=O) groups is 2. The number of phosphoric acid groups is 1. The highest BCUT2D eigenvalue weighted by molar-refractivity contribution is 7.47. The zero-order valence-electron chi connectivity index (χ0n) is 22.0. The van der Waals surface area contributed by atoms with Gasteiger partial charge in [-0.25, -0.2) is 4.57 Å². The Morgan fingerprint density at radius 2 is 1.23 bits per heavy atom. The first-order chi connectivity index (χ1) is 16.8. The van der Waals surface area contributed by atoms with Crippen molar-refractivity contribution in [3.63, 3.8) is 0 Å². The van der Waals surface area contributed by atoms with Gasteiger partial charge >= 0.3 is 19.8 Å². The number of phosphoric ester groups is 1. The maximum Gasteiger partial charge on any atom is 0.472 e. The van der Waals surface area contributed by atoms with Gasteiger partial charge < -0.3 is 20.1 Å². The molecule has 208 valence electrons. The second kappa shape index (κ2) is 23.4. The van der Waals surface area contributed by atoms with Gasteiger partial charge in [0, 0.05) is 19.4 Å². The van der Waals surface area contributed by atoms with Crippen LogP contribution in [0.1, 0.15) is 117 Å². The number of esters is 2. The van der Waals surface area contributed by atoms with E-state index in [-0.39, 0.29) is 32.6 Å². The third-order valence-electron chi connectivity index (χ3n) is 5.49. The van der Waals surface area contributed by atoms with Crippen LogP contribution in [0.5, 0.6) is 0 Å². The molecule has 0 saturated heterocycles. The van der Waals surface area contributed by atoms with Crippen molar-refractivity contribution in [1.82, 2.24) is 0 Å². The molecule has 0 saturated carbocycles. The predicted octanol–water partition coefficient (Wildman–Crippen LogP) is 5.82. The van der Waals surface area contributed by atoms with Crippen LogP contribution >= 0.6 is 7.82 Å². The molecule has 2 atom stereocenters. The molecule has 3 N–H and O–H groups in total. The fourth-order valence-electron chi connectivity index (χ4n) is 3.45. The molecule has 0 aliphatic carbocycles. The number of rotatable bonds is 25. The summed E-state index contributed by atoms with van der Waals surface area (Å²) in [7, 11) is -4.34. The summed E-state index contributed by atoms with van der Waals surface area (Å²) >= 11 is 0. The van der Waals surface area contributed by atoms with E-state index in [0.717, 1.165) is 38.5 Å². The predicted molar refractivity (Wildman–Crippen MR) is 137 cm³/mol. The number of hydrogen-bond donors (Lipinski definition) is 2. The lowest BCUT2D eigenvalue weighted by Gasteiger charge is -2.19. The van der Waals surface area contributed by atoms with Gasteiger partial charge in [-0.3, -0.25) is 18.6 Å². The Kier molecular flexibility index (Phi) is 22.7. The van der Waals surface area contributed by atoms with E-state index in [1.54, 1.807) is 0 Å². The van der Waals surface area contributed by atoms with Crippen LogP contribution in [0.25, 0.3) is 0 Å². The molecule has 0 aromatic carbocycles. The molecule has 9 nitrogen and oxygen atoms in total. The van der Waals surface area contributed by atoms with E-state index < -0.39 is 32.5 Å². The van der Waals surface area contributed by atoms with Crippen LogP contribution in [0.2, 0.25) is 0 Å². The normalized spacial score (nSPS) is 13.8. The summed E-state index contributed by atoms with van der Waals surface area (Å²) in [5.41, 5.74) is 5.27. The minimum absolute atomic E-state index is 0.0565. The van der Waals surface area contributed by atoms with Gasteiger partial charge in [-0.05, 0) is 12.8 Å². The Morgan fingerprint density at radius 1 is 0.743 bits per heavy atom. The topological polar surface area (TPSA) is 134 Å². The van der Waals surface area contributed by atoms with E-state index in [1.165, 1.54) is 44.9 Å². The van der Waals surface area contributed by atoms with Crippen molar-refractivity contribution in [3.8, 4) is 0 Å². The van der Waals surface area contributed by atoms with Crippen LogP contribution in [0.4, 0.5) is 0 Å². The molecule has 0 radical (unpaired) electrons. The van der Waals surface area contributed by atoms with Gasteiger partial charge in [0.15, 0.2) is 6.10 Å². The van der Waals surface area contributed by atoms with E-state index in [9.17, 15) is 19.0 Å². The lowest BCUT2D eigenvalue weighted by atomic mass is 10.1. The fraction of sp³-hybridized carbons (Fsp3) is 0.920. The fourth-order valence-corrected chi connectivity index (χ4v) is 4.22. The van der Waals surface area contributed by atoms with Crippen molar-refractivity contribution in [2.24, 2.45) is 5.73 Å². The Balaban J connectivity index is 4.41. The first-order valence-corrected chi connectivity index (χ1v) is 15.0. The summed E-state index contributed by atoms with van der Waals surface area (Å²) < 4.78 is 32.1. The van der Waals surface area contributed by atoms with Crippen LogP contribution < -0.4 is 5.73 Å². The maximum atomic E-state index is 12.3. The quantitative estimate of drug-likeness (QED) is 0.0862. The molecule has 35 heavy (non-hydrogen) atoms. The zero-order valence-corrected chi connectivity index (χ0v) is 22.9. The average Bonchev–Trinajstić information content (AvgIpc) is 2.83. The van der Waals surface area contributed by atoms with Crippen LogP contribution in [0.3, 0.4) is 0 Å². The first kappa shape index (κ1) is 34.0. The molecular formula is C25H50NO8P. The standard InChI is InChI=1S/C25H50NO8P/c1-3-5-7-9-11-13-15-17-24(27)31-21-23(22-33-35(29,30)32-20-19-26)34-25(28)18-16-14-12-10-8-6-4-2/h23H,3-22,26H2,1-2H3,(H,29,30). The molecule has 0 heterocycles. The van der Waals surface area contributed by atoms with Crippen LogP contribution in [-0.4, -0.2) is 49.3 Å². The lowest BCUT2D eigenvalue weighted by molar-refractivity contribution is -0.161. The van der Waals surface area contributed by atoms with E-state index in [1.807, 2.05) is 0 Å². The van der Waals surface area contributed by atoms with Crippen molar-refractivity contribution < 1.29 is 37.6 Å². The maximum absolute atomic E-state index is 12.3. The highest BCUT2D eigenvalue weighted by Gasteiger charge is 2.25. The first-order valence-electron chi connectivity index (χ1n) is 13.5. The Hall–Kier alpha value is -0.990. The summed E-state index contributed by atoms with van der Waals surface area (Å²) in [5, 5.41) is 0. The molecule has 0 amide bonds. The summed E-state index contributed by atoms with van der Waals surface area (Å²) in [5.74, 6) is -0.843. The summed E-state index contributed by atoms with van der Waals surface area (Å²) in [6.07, 6.45) is 14.6. The van der Waals surface area contributed by atoms with Crippen molar-refractivity contribution in [1.29, 1.82) is 0 Å². The monoisotopic (exact) mass is 523 g/mol. The molecular weight excluding hydrogens is 473 g/mol. The van der Waals surface area contributed by atoms with Crippen LogP contribution in [0.15, 0.2) is 0 Å². The summed E-state index contributed by atoms with van der Waals surface area (Å²) in [6.45, 7) is 3.59. The van der Waals surface area contributed by atoms with Gasteiger partial charge in [-0.15, -0.1) is 0 Å². The van der Waals surface area contributed by atoms with Gasteiger partial charge in [0.1, 0.15) is 6.61 Å². The van der Waals surface area contributed by atoms with Gasteiger partial charge in [-0.2, -0.15) is 0 Å². The van der Waals surface area contributed by atoms with Gasteiger partial charge in [0.2, 0.25) is 0 Å². The van der Waals surface area contributed by atoms with Crippen molar-refractivity contribution in [3.05, 3.63) is 0 Å². The highest BCUT2D eigenvalue weighted by atomic mass is 31.2. The molecule has 0 aliphatic heterocycles. The minimum atomic E-state index is -4.34. The number of hydrogen-bond acceptors (Lipinski definition) is 8. The molecule has 0 fully saturated rings. The van der Waals surface area contributed by atoms with E-state index in [2.05, 4.69) is 13.8 Å². The molecule has 2 unspecified atom stereocenters. The summed E-state index contributed by atoms with van der Waals surface area (Å²) in [4.78, 5) is 34.0. The van der Waals surface area contributed by atoms with Crippen molar-refractivity contribution in [2.75, 3.05) is 26.4 Å². The van der Waals surface area contributed by atoms with Crippen molar-refractivity contribution >= 4 is 19.8 Å². The molecule has 0 spiro atoms. The van der Waals surface area contributed by atoms with Crippen molar-refractivity contribution in [2.45, 2.75) is 123 Å². The Morgan fingerprint density at radius 3 is 1.74 bits per heavy atom. The second-order valence-corrected chi connectivity index (χ2v) is 10.4. The van der Waals surface area contributed by atoms with Gasteiger partial charge in [0.25, 0.3) is 0 Å². The molecule has 0 rings (SSSR count). The number of unbranched alkanes of at least 4 members (excludes halogenated alkanes) is 12. The summed E-state index contributed by atoms with van der Waals surface area (Å²) in [6, 6.07) is 0. The molecule has 0 bridgehead atoms. The van der Waals surface area contributed by atoms with E-state index >= 15 is 0 Å². The third kappa shape index (κ3) is 23.2. The van der Waals surface area contributed by atoms with Crippen LogP contribution in [-0.2, 0) is 32.7 Å². The number of nitrogens with two attached hydrogens (primary N) is 1. The molecule has 0 aliphatic rings. The van der Waals surface area contributed by atoms with Crippen LogP contribution in [0, 0.1) is 0 Å². The largest absolute Gasteiger partial charge is 0.472 e. The lowest BCUT2D eigenvalue weighted by Crippen LogP contribution is -2.29. The smallest absolute Gasteiger partial charge is 0.462 e. The number of carbonyl (C=O) groups excluding carboxylic acids is 2. The average molecular weight is 524 g/mol. The van der Waals surface area contributed by atoms with E-state index in [4.69, 9.17) is 24.3 Å². The Labute approximate surface area is 212 Å². The zero-order chi connectivity index (χ0) is 26.2. The second-order valence-electron chi connectivity index (χ2n) is 8.92. The number of ether oxygens (including phenoxy) is 2. The van der Waals surface area contributed by atoms with Gasteiger partial charge in [-0.1, -0.05) is 90.9 Å². The highest BCUT2D eigenvalue weighted by Crippen LogP contribution is 2.43. The molecule has 10 heteroatoms. The SMILES string of the molecule is CCCCCCCCCC(=O)OCC(COP(=O)(O)OCCN)OC(=O)CCCCCCCCC. The molecule has 0 aromatic heterocycles.